The van der Waals surface area contributed by atoms with Gasteiger partial charge in [0.1, 0.15) is 9.84 Å². The Labute approximate surface area is 116 Å². The molecule has 1 heterocycles. The van der Waals surface area contributed by atoms with Crippen LogP contribution in [0.25, 0.3) is 0 Å². The molecule has 0 aliphatic heterocycles. The largest absolute Gasteiger partial charge is 0.271 e. The lowest BCUT2D eigenvalue weighted by Crippen LogP contribution is -2.42. The van der Waals surface area contributed by atoms with E-state index >= 15 is 0 Å². The number of nitrogens with one attached hydrogen (secondary N) is 1. The number of aromatic nitrogens is 2. The van der Waals surface area contributed by atoms with Gasteiger partial charge in [0.2, 0.25) is 0 Å². The van der Waals surface area contributed by atoms with E-state index in [-0.39, 0.29) is 11.8 Å². The Kier molecular flexibility index (Phi) is 5.32. The monoisotopic (exact) mass is 338 g/mol. The van der Waals surface area contributed by atoms with Crippen LogP contribution in [0.1, 0.15) is 18.3 Å². The van der Waals surface area contributed by atoms with Crippen LogP contribution in [0.15, 0.2) is 4.47 Å². The van der Waals surface area contributed by atoms with Gasteiger partial charge in [-0.3, -0.25) is 16.0 Å². The van der Waals surface area contributed by atoms with Crippen LogP contribution >= 0.6 is 15.9 Å². The van der Waals surface area contributed by atoms with E-state index in [0.717, 1.165) is 22.4 Å². The molecule has 0 radical (unpaired) electrons. The first-order valence-electron chi connectivity index (χ1n) is 5.64. The fourth-order valence-corrected chi connectivity index (χ4v) is 3.22. The Morgan fingerprint density at radius 3 is 2.61 bits per heavy atom. The molecular formula is C10H19BrN4O2S. The molecule has 0 amide bonds. The maximum atomic E-state index is 11.3. The van der Waals surface area contributed by atoms with E-state index < -0.39 is 9.84 Å². The van der Waals surface area contributed by atoms with Gasteiger partial charge in [-0.2, -0.15) is 5.10 Å². The molecule has 0 saturated heterocycles. The predicted molar refractivity (Wildman–Crippen MR) is 74.9 cm³/mol. The van der Waals surface area contributed by atoms with Gasteiger partial charge in [0.25, 0.3) is 0 Å². The summed E-state index contributed by atoms with van der Waals surface area (Å²) in [6, 6.07) is -0.322. The zero-order valence-electron chi connectivity index (χ0n) is 10.8. The number of rotatable bonds is 6. The maximum Gasteiger partial charge on any atom is 0.149 e. The van der Waals surface area contributed by atoms with E-state index in [0.29, 0.717) is 6.42 Å². The lowest BCUT2D eigenvalue weighted by atomic mass is 10.2. The third-order valence-corrected chi connectivity index (χ3v) is 4.67. The molecule has 6 nitrogen and oxygen atoms in total. The summed E-state index contributed by atoms with van der Waals surface area (Å²) in [6.45, 7) is 4.63. The topological polar surface area (TPSA) is 90.0 Å². The summed E-state index contributed by atoms with van der Waals surface area (Å²) in [4.78, 5) is 0. The van der Waals surface area contributed by atoms with Gasteiger partial charge < -0.3 is 0 Å². The lowest BCUT2D eigenvalue weighted by Gasteiger charge is -2.15. The van der Waals surface area contributed by atoms with E-state index in [2.05, 4.69) is 26.5 Å². The fourth-order valence-electron chi connectivity index (χ4n) is 1.83. The first-order valence-corrected chi connectivity index (χ1v) is 8.49. The summed E-state index contributed by atoms with van der Waals surface area (Å²) >= 11 is 3.48. The minimum Gasteiger partial charge on any atom is -0.271 e. The molecule has 8 heteroatoms. The van der Waals surface area contributed by atoms with Crippen molar-refractivity contribution in [3.8, 4) is 0 Å². The number of sulfone groups is 1. The number of hydrazine groups is 1. The van der Waals surface area contributed by atoms with Crippen LogP contribution in [0.2, 0.25) is 0 Å². The van der Waals surface area contributed by atoms with Crippen molar-refractivity contribution >= 4 is 25.8 Å². The molecule has 0 spiro atoms. The SMILES string of the molecule is CCn1nc(C)c(Br)c1CC(CS(C)(=O)=O)NN. The van der Waals surface area contributed by atoms with Crippen LogP contribution in [0.3, 0.4) is 0 Å². The second kappa shape index (κ2) is 6.14. The molecule has 0 aromatic carbocycles. The highest BCUT2D eigenvalue weighted by molar-refractivity contribution is 9.10. The molecule has 0 aliphatic carbocycles. The van der Waals surface area contributed by atoms with Crippen molar-refractivity contribution < 1.29 is 8.42 Å². The van der Waals surface area contributed by atoms with Gasteiger partial charge >= 0.3 is 0 Å². The molecule has 18 heavy (non-hydrogen) atoms. The standard InChI is InChI=1S/C10H19BrN4O2S/c1-4-15-9(10(11)7(2)14-15)5-8(13-12)6-18(3,16)17/h8,13H,4-6,12H2,1-3H3. The summed E-state index contributed by atoms with van der Waals surface area (Å²) in [5.74, 6) is 5.42. The number of nitrogens with zero attached hydrogens (tertiary/aromatic N) is 2. The summed E-state index contributed by atoms with van der Waals surface area (Å²) in [5, 5.41) is 4.36. The minimum absolute atomic E-state index is 0.00385. The second-order valence-corrected chi connectivity index (χ2v) is 7.30. The first kappa shape index (κ1) is 15.6. The average Bonchev–Trinajstić information content (AvgIpc) is 2.53. The Hall–Kier alpha value is -0.440. The highest BCUT2D eigenvalue weighted by Gasteiger charge is 2.20. The molecule has 1 aromatic rings. The van der Waals surface area contributed by atoms with Crippen molar-refractivity contribution in [3.05, 3.63) is 15.9 Å². The van der Waals surface area contributed by atoms with Crippen molar-refractivity contribution in [3.63, 3.8) is 0 Å². The van der Waals surface area contributed by atoms with Crippen LogP contribution in [0.4, 0.5) is 0 Å². The third kappa shape index (κ3) is 4.04. The molecule has 0 aliphatic rings. The maximum absolute atomic E-state index is 11.3. The van der Waals surface area contributed by atoms with Crippen molar-refractivity contribution in [1.29, 1.82) is 0 Å². The summed E-state index contributed by atoms with van der Waals surface area (Å²) in [7, 11) is -3.07. The molecule has 1 unspecified atom stereocenters. The summed E-state index contributed by atoms with van der Waals surface area (Å²) < 4.78 is 25.4. The molecule has 1 aromatic heterocycles. The van der Waals surface area contributed by atoms with Gasteiger partial charge in [-0.1, -0.05) is 0 Å². The molecular weight excluding hydrogens is 320 g/mol. The highest BCUT2D eigenvalue weighted by atomic mass is 79.9. The number of hydrogen-bond donors (Lipinski definition) is 2. The second-order valence-electron chi connectivity index (χ2n) is 4.32. The number of nitrogens with two attached hydrogens (primary N) is 1. The van der Waals surface area contributed by atoms with Crippen molar-refractivity contribution in [2.75, 3.05) is 12.0 Å². The van der Waals surface area contributed by atoms with Crippen LogP contribution in [0.5, 0.6) is 0 Å². The van der Waals surface area contributed by atoms with Gasteiger partial charge in [0.05, 0.1) is 21.6 Å². The quantitative estimate of drug-likeness (QED) is 0.578. The lowest BCUT2D eigenvalue weighted by molar-refractivity contribution is 0.519. The zero-order valence-corrected chi connectivity index (χ0v) is 13.2. The van der Waals surface area contributed by atoms with E-state index in [1.54, 1.807) is 0 Å². The minimum atomic E-state index is -3.07. The molecule has 3 N–H and O–H groups in total. The van der Waals surface area contributed by atoms with Gasteiger partial charge in [-0.25, -0.2) is 8.42 Å². The van der Waals surface area contributed by atoms with E-state index in [4.69, 9.17) is 5.84 Å². The van der Waals surface area contributed by atoms with E-state index in [1.165, 1.54) is 6.26 Å². The van der Waals surface area contributed by atoms with Crippen molar-refractivity contribution in [2.24, 2.45) is 5.84 Å². The Morgan fingerprint density at radius 1 is 1.56 bits per heavy atom. The summed E-state index contributed by atoms with van der Waals surface area (Å²) in [6.07, 6.45) is 1.72. The van der Waals surface area contributed by atoms with E-state index in [9.17, 15) is 8.42 Å². The first-order chi connectivity index (χ1) is 8.28. The van der Waals surface area contributed by atoms with Gasteiger partial charge in [0.15, 0.2) is 0 Å². The molecule has 1 atom stereocenters. The van der Waals surface area contributed by atoms with Crippen molar-refractivity contribution in [1.82, 2.24) is 15.2 Å². The average molecular weight is 339 g/mol. The molecule has 104 valence electrons. The molecule has 0 saturated carbocycles. The van der Waals surface area contributed by atoms with Crippen LogP contribution in [-0.4, -0.2) is 36.2 Å². The Morgan fingerprint density at radius 2 is 2.17 bits per heavy atom. The van der Waals surface area contributed by atoms with Gasteiger partial charge in [0, 0.05) is 25.3 Å². The fraction of sp³-hybridized carbons (Fsp3) is 0.700. The van der Waals surface area contributed by atoms with Crippen LogP contribution in [-0.2, 0) is 22.8 Å². The van der Waals surface area contributed by atoms with Crippen LogP contribution < -0.4 is 11.3 Å². The Bertz CT molecular complexity index is 512. The number of halogens is 1. The molecule has 0 fully saturated rings. The summed E-state index contributed by atoms with van der Waals surface area (Å²) in [5.41, 5.74) is 4.40. The third-order valence-electron chi connectivity index (χ3n) is 2.63. The predicted octanol–water partition coefficient (Wildman–Crippen LogP) is 0.393. The zero-order chi connectivity index (χ0) is 13.9. The smallest absolute Gasteiger partial charge is 0.149 e. The van der Waals surface area contributed by atoms with Gasteiger partial charge in [-0.15, -0.1) is 0 Å². The van der Waals surface area contributed by atoms with Crippen molar-refractivity contribution in [2.45, 2.75) is 32.9 Å². The molecule has 0 bridgehead atoms. The number of aryl methyl sites for hydroxylation is 2. The van der Waals surface area contributed by atoms with E-state index in [1.807, 2.05) is 18.5 Å². The Balaban J connectivity index is 2.94. The van der Waals surface area contributed by atoms with Crippen LogP contribution in [0, 0.1) is 6.92 Å². The normalized spacial score (nSPS) is 13.8. The highest BCUT2D eigenvalue weighted by Crippen LogP contribution is 2.22. The molecule has 1 rings (SSSR count). The number of hydrogen-bond acceptors (Lipinski definition) is 5. The van der Waals surface area contributed by atoms with Gasteiger partial charge in [-0.05, 0) is 29.8 Å².